The Kier molecular flexibility index (Phi) is 3.57. The van der Waals surface area contributed by atoms with Crippen molar-refractivity contribution in [3.63, 3.8) is 0 Å². The maximum atomic E-state index is 6.00. The lowest BCUT2D eigenvalue weighted by molar-refractivity contribution is 0.419. The van der Waals surface area contributed by atoms with Crippen molar-refractivity contribution in [3.05, 3.63) is 23.0 Å². The Bertz CT molecular complexity index is 586. The topological polar surface area (TPSA) is 38.2 Å². The van der Waals surface area contributed by atoms with E-state index in [1.165, 1.54) is 0 Å². The number of hydrogen-bond acceptors (Lipinski definition) is 4. The number of rotatable bonds is 3. The van der Waals surface area contributed by atoms with Gasteiger partial charge < -0.3 is 9.64 Å². The van der Waals surface area contributed by atoms with Crippen molar-refractivity contribution in [3.8, 4) is 5.75 Å². The quantitative estimate of drug-likeness (QED) is 0.800. The molecule has 2 rings (SSSR count). The molecule has 0 amide bonds. The number of ether oxygens (including phenoxy) is 1. The average molecular weight is 266 g/mol. The molecule has 0 spiro atoms. The Morgan fingerprint density at radius 1 is 1.33 bits per heavy atom. The molecule has 0 atom stereocenters. The Morgan fingerprint density at radius 3 is 2.67 bits per heavy atom. The number of anilines is 1. The van der Waals surface area contributed by atoms with E-state index in [1.54, 1.807) is 7.11 Å². The largest absolute Gasteiger partial charge is 0.494 e. The number of halogens is 1. The maximum absolute atomic E-state index is 6.00. The zero-order chi connectivity index (χ0) is 13.3. The van der Waals surface area contributed by atoms with Crippen LogP contribution < -0.4 is 9.64 Å². The van der Waals surface area contributed by atoms with Gasteiger partial charge in [0.2, 0.25) is 5.28 Å². The Balaban J connectivity index is 2.86. The second kappa shape index (κ2) is 4.98. The van der Waals surface area contributed by atoms with Crippen molar-refractivity contribution in [2.45, 2.75) is 13.8 Å². The second-order valence-electron chi connectivity index (χ2n) is 4.14. The van der Waals surface area contributed by atoms with Crippen molar-refractivity contribution in [1.82, 2.24) is 9.97 Å². The van der Waals surface area contributed by atoms with Crippen molar-refractivity contribution in [2.24, 2.45) is 0 Å². The first-order valence-electron chi connectivity index (χ1n) is 5.80. The highest BCUT2D eigenvalue weighted by molar-refractivity contribution is 6.29. The van der Waals surface area contributed by atoms with Gasteiger partial charge in [-0.1, -0.05) is 6.07 Å². The highest BCUT2D eigenvalue weighted by Crippen LogP contribution is 2.33. The third-order valence-corrected chi connectivity index (χ3v) is 3.20. The maximum Gasteiger partial charge on any atom is 0.225 e. The molecule has 1 aromatic carbocycles. The molecule has 1 aromatic heterocycles. The summed E-state index contributed by atoms with van der Waals surface area (Å²) in [6.45, 7) is 4.95. The van der Waals surface area contributed by atoms with Gasteiger partial charge in [-0.2, -0.15) is 4.98 Å². The van der Waals surface area contributed by atoms with Gasteiger partial charge in [0, 0.05) is 19.0 Å². The molecule has 0 bridgehead atoms. The van der Waals surface area contributed by atoms with Gasteiger partial charge in [0.15, 0.2) is 0 Å². The van der Waals surface area contributed by atoms with E-state index in [1.807, 2.05) is 31.0 Å². The number of hydrogen-bond donors (Lipinski definition) is 0. The van der Waals surface area contributed by atoms with Gasteiger partial charge in [0.25, 0.3) is 0 Å². The summed E-state index contributed by atoms with van der Waals surface area (Å²) >= 11 is 6.00. The lowest BCUT2D eigenvalue weighted by atomic mass is 10.1. The van der Waals surface area contributed by atoms with Crippen LogP contribution in [0.2, 0.25) is 5.28 Å². The van der Waals surface area contributed by atoms with Gasteiger partial charge >= 0.3 is 0 Å². The molecule has 2 aromatic rings. The van der Waals surface area contributed by atoms with Crippen LogP contribution in [0.4, 0.5) is 5.82 Å². The lowest BCUT2D eigenvalue weighted by Gasteiger charge is -2.19. The van der Waals surface area contributed by atoms with Crippen LogP contribution in [0.15, 0.2) is 12.1 Å². The monoisotopic (exact) mass is 265 g/mol. The summed E-state index contributed by atoms with van der Waals surface area (Å²) in [4.78, 5) is 10.7. The standard InChI is InChI=1S/C13H16ClN3O/c1-5-17(3)12-10-8(2)6-7-9(18-4)11(10)15-13(14)16-12/h6-7H,5H2,1-4H3. The number of methoxy groups -OCH3 is 1. The summed E-state index contributed by atoms with van der Waals surface area (Å²) in [6.07, 6.45) is 0. The Labute approximate surface area is 112 Å². The molecule has 1 heterocycles. The van der Waals surface area contributed by atoms with Crippen LogP contribution in [0.25, 0.3) is 10.9 Å². The first kappa shape index (κ1) is 12.9. The van der Waals surface area contributed by atoms with Crippen LogP contribution in [0.5, 0.6) is 5.75 Å². The van der Waals surface area contributed by atoms with E-state index < -0.39 is 0 Å². The number of aryl methyl sites for hydroxylation is 1. The molecule has 0 N–H and O–H groups in total. The van der Waals surface area contributed by atoms with E-state index in [4.69, 9.17) is 16.3 Å². The van der Waals surface area contributed by atoms with Crippen LogP contribution in [0.3, 0.4) is 0 Å². The summed E-state index contributed by atoms with van der Waals surface area (Å²) in [5.74, 6) is 1.55. The third kappa shape index (κ3) is 2.08. The minimum absolute atomic E-state index is 0.238. The SMILES string of the molecule is CCN(C)c1nc(Cl)nc2c(OC)ccc(C)c12. The van der Waals surface area contributed by atoms with Crippen LogP contribution in [0, 0.1) is 6.92 Å². The normalized spacial score (nSPS) is 10.7. The molecule has 0 radical (unpaired) electrons. The van der Waals surface area contributed by atoms with E-state index in [0.717, 1.165) is 28.8 Å². The zero-order valence-corrected chi connectivity index (χ0v) is 11.7. The lowest BCUT2D eigenvalue weighted by Crippen LogP contribution is -2.18. The van der Waals surface area contributed by atoms with Crippen LogP contribution in [-0.4, -0.2) is 30.7 Å². The fourth-order valence-corrected chi connectivity index (χ4v) is 2.08. The Hall–Kier alpha value is -1.55. The number of nitrogens with zero attached hydrogens (tertiary/aromatic N) is 3. The fraction of sp³-hybridized carbons (Fsp3) is 0.385. The average Bonchev–Trinajstić information content (AvgIpc) is 2.37. The zero-order valence-electron chi connectivity index (χ0n) is 11.0. The van der Waals surface area contributed by atoms with Gasteiger partial charge in [0.1, 0.15) is 17.1 Å². The van der Waals surface area contributed by atoms with Gasteiger partial charge in [-0.3, -0.25) is 0 Å². The second-order valence-corrected chi connectivity index (χ2v) is 4.48. The smallest absolute Gasteiger partial charge is 0.225 e. The molecule has 5 heteroatoms. The van der Waals surface area contributed by atoms with E-state index in [0.29, 0.717) is 5.75 Å². The first-order chi connectivity index (χ1) is 8.58. The number of benzene rings is 1. The predicted molar refractivity (Wildman–Crippen MR) is 74.8 cm³/mol. The van der Waals surface area contributed by atoms with Crippen molar-refractivity contribution in [1.29, 1.82) is 0 Å². The molecule has 0 fully saturated rings. The summed E-state index contributed by atoms with van der Waals surface area (Å²) in [5.41, 5.74) is 1.87. The van der Waals surface area contributed by atoms with Gasteiger partial charge in [0.05, 0.1) is 7.11 Å². The highest BCUT2D eigenvalue weighted by Gasteiger charge is 2.15. The summed E-state index contributed by atoms with van der Waals surface area (Å²) < 4.78 is 5.34. The third-order valence-electron chi connectivity index (χ3n) is 3.03. The fourth-order valence-electron chi connectivity index (χ4n) is 1.92. The molecule has 0 aliphatic carbocycles. The molecule has 4 nitrogen and oxygen atoms in total. The molecule has 0 saturated carbocycles. The molecule has 0 aliphatic heterocycles. The summed E-state index contributed by atoms with van der Waals surface area (Å²) in [5, 5.41) is 1.23. The molecule has 18 heavy (non-hydrogen) atoms. The minimum atomic E-state index is 0.238. The van der Waals surface area contributed by atoms with E-state index in [-0.39, 0.29) is 5.28 Å². The minimum Gasteiger partial charge on any atom is -0.494 e. The van der Waals surface area contributed by atoms with Gasteiger partial charge in [-0.15, -0.1) is 0 Å². The Morgan fingerprint density at radius 2 is 2.06 bits per heavy atom. The molecule has 0 unspecified atom stereocenters. The van der Waals surface area contributed by atoms with Crippen LogP contribution in [-0.2, 0) is 0 Å². The van der Waals surface area contributed by atoms with E-state index in [9.17, 15) is 0 Å². The summed E-state index contributed by atoms with van der Waals surface area (Å²) in [7, 11) is 3.61. The number of aromatic nitrogens is 2. The van der Waals surface area contributed by atoms with Crippen molar-refractivity contribution < 1.29 is 4.74 Å². The highest BCUT2D eigenvalue weighted by atomic mass is 35.5. The van der Waals surface area contributed by atoms with Crippen LogP contribution in [0.1, 0.15) is 12.5 Å². The van der Waals surface area contributed by atoms with Crippen molar-refractivity contribution in [2.75, 3.05) is 25.6 Å². The van der Waals surface area contributed by atoms with E-state index in [2.05, 4.69) is 16.9 Å². The molecule has 0 saturated heterocycles. The van der Waals surface area contributed by atoms with Gasteiger partial charge in [-0.05, 0) is 37.1 Å². The molecule has 0 aliphatic rings. The number of fused-ring (bicyclic) bond motifs is 1. The molecular formula is C13H16ClN3O. The predicted octanol–water partition coefficient (Wildman–Crippen LogP) is 3.06. The molecule has 96 valence electrons. The first-order valence-corrected chi connectivity index (χ1v) is 6.18. The molecular weight excluding hydrogens is 250 g/mol. The van der Waals surface area contributed by atoms with Gasteiger partial charge in [-0.25, -0.2) is 4.98 Å². The van der Waals surface area contributed by atoms with Crippen molar-refractivity contribution >= 4 is 28.3 Å². The van der Waals surface area contributed by atoms with E-state index >= 15 is 0 Å². The van der Waals surface area contributed by atoms with Crippen LogP contribution >= 0.6 is 11.6 Å². The summed E-state index contributed by atoms with van der Waals surface area (Å²) in [6, 6.07) is 3.90.